The van der Waals surface area contributed by atoms with Gasteiger partial charge in [-0.05, 0) is 12.1 Å². The summed E-state index contributed by atoms with van der Waals surface area (Å²) in [6, 6.07) is 5.00. The number of nitrogens with zero attached hydrogens (tertiary/aromatic N) is 3. The Labute approximate surface area is 117 Å². The first-order valence-electron chi connectivity index (χ1n) is 6.18. The Morgan fingerprint density at radius 2 is 2.25 bits per heavy atom. The van der Waals surface area contributed by atoms with Crippen LogP contribution in [0, 0.1) is 0 Å². The minimum absolute atomic E-state index is 0.134. The summed E-state index contributed by atoms with van der Waals surface area (Å²) < 4.78 is 7.09. The van der Waals surface area contributed by atoms with Gasteiger partial charge in [-0.15, -0.1) is 0 Å². The van der Waals surface area contributed by atoms with Crippen molar-refractivity contribution in [2.45, 2.75) is 6.54 Å². The number of amides is 1. The van der Waals surface area contributed by atoms with E-state index in [1.54, 1.807) is 36.3 Å². The van der Waals surface area contributed by atoms with Crippen LogP contribution in [-0.2, 0) is 13.6 Å². The molecule has 2 rings (SSSR count). The fourth-order valence-corrected chi connectivity index (χ4v) is 1.92. The molecule has 0 aliphatic carbocycles. The maximum absolute atomic E-state index is 12.4. The van der Waals surface area contributed by atoms with Gasteiger partial charge in [0.2, 0.25) is 0 Å². The molecular formula is C14H18N4O2. The Morgan fingerprint density at radius 1 is 1.50 bits per heavy atom. The van der Waals surface area contributed by atoms with Gasteiger partial charge < -0.3 is 19.9 Å². The minimum atomic E-state index is -0.134. The zero-order chi connectivity index (χ0) is 14.7. The van der Waals surface area contributed by atoms with E-state index in [4.69, 9.17) is 10.5 Å². The minimum Gasteiger partial charge on any atom is -0.496 e. The molecule has 20 heavy (non-hydrogen) atoms. The average molecular weight is 274 g/mol. The van der Waals surface area contributed by atoms with Gasteiger partial charge >= 0.3 is 0 Å². The third kappa shape index (κ3) is 2.74. The molecule has 0 bridgehead atoms. The predicted molar refractivity (Wildman–Crippen MR) is 76.4 cm³/mol. The second-order valence-corrected chi connectivity index (χ2v) is 4.58. The SMILES string of the molecule is COc1cc(N)ccc1C(=O)N(C)Cc1nccn1C. The lowest BCUT2D eigenvalue weighted by atomic mass is 10.1. The van der Waals surface area contributed by atoms with Crippen LogP contribution in [0.4, 0.5) is 5.69 Å². The molecule has 0 aliphatic rings. The third-order valence-electron chi connectivity index (χ3n) is 3.10. The van der Waals surface area contributed by atoms with Crippen LogP contribution in [0.1, 0.15) is 16.2 Å². The standard InChI is InChI=1S/C14H18N4O2/c1-17-7-6-16-13(17)9-18(2)14(19)11-5-4-10(15)8-12(11)20-3/h4-8H,9,15H2,1-3H3. The molecule has 0 spiro atoms. The molecule has 0 radical (unpaired) electrons. The van der Waals surface area contributed by atoms with Crippen LogP contribution in [0.25, 0.3) is 0 Å². The zero-order valence-electron chi connectivity index (χ0n) is 11.8. The van der Waals surface area contributed by atoms with Crippen LogP contribution in [0.5, 0.6) is 5.75 Å². The lowest BCUT2D eigenvalue weighted by Crippen LogP contribution is -2.27. The van der Waals surface area contributed by atoms with Gasteiger partial charge in [0, 0.05) is 38.2 Å². The van der Waals surface area contributed by atoms with Gasteiger partial charge in [0.15, 0.2) is 0 Å². The number of aromatic nitrogens is 2. The zero-order valence-corrected chi connectivity index (χ0v) is 11.8. The maximum Gasteiger partial charge on any atom is 0.257 e. The molecular weight excluding hydrogens is 256 g/mol. The maximum atomic E-state index is 12.4. The largest absolute Gasteiger partial charge is 0.496 e. The molecule has 2 aromatic rings. The summed E-state index contributed by atoms with van der Waals surface area (Å²) >= 11 is 0. The Bertz CT molecular complexity index is 621. The monoisotopic (exact) mass is 274 g/mol. The van der Waals surface area contributed by atoms with E-state index in [1.807, 2.05) is 17.8 Å². The molecule has 0 saturated carbocycles. The Morgan fingerprint density at radius 3 is 2.85 bits per heavy atom. The summed E-state index contributed by atoms with van der Waals surface area (Å²) in [5, 5.41) is 0. The molecule has 1 amide bonds. The lowest BCUT2D eigenvalue weighted by molar-refractivity contribution is 0.0777. The van der Waals surface area contributed by atoms with Crippen molar-refractivity contribution in [3.05, 3.63) is 42.0 Å². The molecule has 1 aromatic carbocycles. The number of rotatable bonds is 4. The van der Waals surface area contributed by atoms with Gasteiger partial charge in [-0.1, -0.05) is 0 Å². The summed E-state index contributed by atoms with van der Waals surface area (Å²) in [5.41, 5.74) is 6.74. The average Bonchev–Trinajstić information content (AvgIpc) is 2.83. The van der Waals surface area contributed by atoms with Gasteiger partial charge in [0.1, 0.15) is 11.6 Å². The predicted octanol–water partition coefficient (Wildman–Crippen LogP) is 1.28. The summed E-state index contributed by atoms with van der Waals surface area (Å²) in [7, 11) is 5.14. The van der Waals surface area contributed by atoms with Gasteiger partial charge in [-0.3, -0.25) is 4.79 Å². The molecule has 0 aliphatic heterocycles. The highest BCUT2D eigenvalue weighted by Gasteiger charge is 2.18. The molecule has 1 aromatic heterocycles. The number of benzene rings is 1. The number of hydrogen-bond acceptors (Lipinski definition) is 4. The van der Waals surface area contributed by atoms with Crippen molar-refractivity contribution in [1.29, 1.82) is 0 Å². The molecule has 0 atom stereocenters. The second kappa shape index (κ2) is 5.64. The van der Waals surface area contributed by atoms with Crippen LogP contribution in [0.15, 0.2) is 30.6 Å². The van der Waals surface area contributed by atoms with E-state index in [0.717, 1.165) is 5.82 Å². The van der Waals surface area contributed by atoms with E-state index in [9.17, 15) is 4.79 Å². The summed E-state index contributed by atoms with van der Waals surface area (Å²) in [6.45, 7) is 0.426. The molecule has 1 heterocycles. The summed E-state index contributed by atoms with van der Waals surface area (Å²) in [6.07, 6.45) is 3.55. The number of anilines is 1. The molecule has 0 fully saturated rings. The van der Waals surface area contributed by atoms with E-state index >= 15 is 0 Å². The number of methoxy groups -OCH3 is 1. The highest BCUT2D eigenvalue weighted by atomic mass is 16.5. The number of ether oxygens (including phenoxy) is 1. The number of hydrogen-bond donors (Lipinski definition) is 1. The Kier molecular flexibility index (Phi) is 3.93. The number of nitrogens with two attached hydrogens (primary N) is 1. The van der Waals surface area contributed by atoms with Gasteiger partial charge in [-0.25, -0.2) is 4.98 Å². The van der Waals surface area contributed by atoms with Crippen LogP contribution in [-0.4, -0.2) is 34.5 Å². The van der Waals surface area contributed by atoms with Crippen molar-refractivity contribution in [2.75, 3.05) is 19.9 Å². The number of nitrogen functional groups attached to an aromatic ring is 1. The summed E-state index contributed by atoms with van der Waals surface area (Å²) in [4.78, 5) is 18.2. The fraction of sp³-hybridized carbons (Fsp3) is 0.286. The van der Waals surface area contributed by atoms with Gasteiger partial charge in [-0.2, -0.15) is 0 Å². The molecule has 106 valence electrons. The van der Waals surface area contributed by atoms with E-state index in [-0.39, 0.29) is 5.91 Å². The van der Waals surface area contributed by atoms with Gasteiger partial charge in [0.05, 0.1) is 19.2 Å². The topological polar surface area (TPSA) is 73.4 Å². The lowest BCUT2D eigenvalue weighted by Gasteiger charge is -2.18. The first-order chi connectivity index (χ1) is 9.52. The molecule has 2 N–H and O–H groups in total. The molecule has 6 heteroatoms. The Balaban J connectivity index is 2.20. The van der Waals surface area contributed by atoms with Crippen LogP contribution in [0.3, 0.4) is 0 Å². The Hall–Kier alpha value is -2.50. The van der Waals surface area contributed by atoms with E-state index < -0.39 is 0 Å². The highest BCUT2D eigenvalue weighted by molar-refractivity contribution is 5.97. The third-order valence-corrected chi connectivity index (χ3v) is 3.10. The van der Waals surface area contributed by atoms with Gasteiger partial charge in [0.25, 0.3) is 5.91 Å². The van der Waals surface area contributed by atoms with Crippen LogP contribution >= 0.6 is 0 Å². The normalized spacial score (nSPS) is 10.3. The molecule has 0 unspecified atom stereocenters. The fourth-order valence-electron chi connectivity index (χ4n) is 1.92. The first-order valence-corrected chi connectivity index (χ1v) is 6.18. The van der Waals surface area contributed by atoms with Crippen molar-refractivity contribution in [3.8, 4) is 5.75 Å². The van der Waals surface area contributed by atoms with Crippen molar-refractivity contribution < 1.29 is 9.53 Å². The number of carbonyl (C=O) groups excluding carboxylic acids is 1. The quantitative estimate of drug-likeness (QED) is 0.852. The smallest absolute Gasteiger partial charge is 0.257 e. The van der Waals surface area contributed by atoms with Crippen molar-refractivity contribution in [1.82, 2.24) is 14.5 Å². The van der Waals surface area contributed by atoms with Crippen molar-refractivity contribution in [3.63, 3.8) is 0 Å². The molecule has 0 saturated heterocycles. The first kappa shape index (κ1) is 13.9. The number of aryl methyl sites for hydroxylation is 1. The van der Waals surface area contributed by atoms with E-state index in [0.29, 0.717) is 23.5 Å². The van der Waals surface area contributed by atoms with Crippen molar-refractivity contribution in [2.24, 2.45) is 7.05 Å². The van der Waals surface area contributed by atoms with E-state index in [1.165, 1.54) is 7.11 Å². The van der Waals surface area contributed by atoms with E-state index in [2.05, 4.69) is 4.98 Å². The molecule has 6 nitrogen and oxygen atoms in total. The van der Waals surface area contributed by atoms with Crippen LogP contribution in [0.2, 0.25) is 0 Å². The van der Waals surface area contributed by atoms with Crippen LogP contribution < -0.4 is 10.5 Å². The number of imidazole rings is 1. The summed E-state index contributed by atoms with van der Waals surface area (Å²) in [5.74, 6) is 1.15. The number of carbonyl (C=O) groups is 1. The van der Waals surface area contributed by atoms with Crippen molar-refractivity contribution >= 4 is 11.6 Å². The second-order valence-electron chi connectivity index (χ2n) is 4.58. The highest BCUT2D eigenvalue weighted by Crippen LogP contribution is 2.23.